The minimum atomic E-state index is 0.665. The molecule has 0 bridgehead atoms. The Hall–Kier alpha value is -1.16. The molecule has 98 valence electrons. The summed E-state index contributed by atoms with van der Waals surface area (Å²) in [5.74, 6) is 2.79. The van der Waals surface area contributed by atoms with Crippen molar-refractivity contribution in [2.24, 2.45) is 10.9 Å². The van der Waals surface area contributed by atoms with Gasteiger partial charge in [0.05, 0.1) is 6.54 Å². The summed E-state index contributed by atoms with van der Waals surface area (Å²) in [5, 5.41) is 4.37. The van der Waals surface area contributed by atoms with Gasteiger partial charge in [0.25, 0.3) is 0 Å². The number of aliphatic imine (C=N–C) groups is 1. The van der Waals surface area contributed by atoms with E-state index < -0.39 is 0 Å². The van der Waals surface area contributed by atoms with E-state index >= 15 is 0 Å². The van der Waals surface area contributed by atoms with Crippen molar-refractivity contribution in [1.29, 1.82) is 0 Å². The zero-order valence-electron chi connectivity index (χ0n) is 11.0. The fourth-order valence-corrected chi connectivity index (χ4v) is 2.61. The van der Waals surface area contributed by atoms with Gasteiger partial charge in [-0.25, -0.2) is 0 Å². The summed E-state index contributed by atoms with van der Waals surface area (Å²) in [6.45, 7) is 6.70. The molecule has 1 aliphatic heterocycles. The molecule has 0 saturated heterocycles. The Bertz CT molecular complexity index is 420. The molecule has 2 rings (SSSR count). The largest absolute Gasteiger partial charge is 0.492 e. The molecule has 3 nitrogen and oxygen atoms in total. The van der Waals surface area contributed by atoms with Gasteiger partial charge < -0.3 is 10.1 Å². The smallest absolute Gasteiger partial charge is 0.156 e. The van der Waals surface area contributed by atoms with Crippen molar-refractivity contribution in [3.8, 4) is 5.75 Å². The molecule has 0 aliphatic carbocycles. The summed E-state index contributed by atoms with van der Waals surface area (Å²) in [5.41, 5.74) is 1.22. The SMILES string of the molecule is Cc1cccc(OCCNC2=NCC(C)CS2)c1. The molecule has 1 aromatic rings. The standard InChI is InChI=1S/C14H20N2OS/c1-11-4-3-5-13(8-11)17-7-6-15-14-16-9-12(2)10-18-14/h3-5,8,12H,6-7,9-10H2,1-2H3,(H,15,16). The van der Waals surface area contributed by atoms with Gasteiger partial charge in [-0.2, -0.15) is 0 Å². The van der Waals surface area contributed by atoms with E-state index in [0.717, 1.165) is 29.8 Å². The van der Waals surface area contributed by atoms with Crippen molar-refractivity contribution in [3.63, 3.8) is 0 Å². The van der Waals surface area contributed by atoms with Crippen LogP contribution in [0.25, 0.3) is 0 Å². The van der Waals surface area contributed by atoms with Crippen LogP contribution in [0.3, 0.4) is 0 Å². The minimum Gasteiger partial charge on any atom is -0.492 e. The third-order valence-electron chi connectivity index (χ3n) is 2.69. The minimum absolute atomic E-state index is 0.665. The van der Waals surface area contributed by atoms with Gasteiger partial charge in [0, 0.05) is 12.3 Å². The maximum absolute atomic E-state index is 5.67. The van der Waals surface area contributed by atoms with E-state index in [4.69, 9.17) is 4.74 Å². The van der Waals surface area contributed by atoms with Gasteiger partial charge in [0.1, 0.15) is 12.4 Å². The molecule has 1 unspecified atom stereocenters. The zero-order valence-corrected chi connectivity index (χ0v) is 11.8. The van der Waals surface area contributed by atoms with Crippen LogP contribution in [0.4, 0.5) is 0 Å². The first-order chi connectivity index (χ1) is 8.74. The fourth-order valence-electron chi connectivity index (χ4n) is 1.70. The van der Waals surface area contributed by atoms with Gasteiger partial charge in [0.2, 0.25) is 0 Å². The second-order valence-corrected chi connectivity index (χ2v) is 5.66. The number of ether oxygens (including phenoxy) is 1. The molecule has 18 heavy (non-hydrogen) atoms. The van der Waals surface area contributed by atoms with Gasteiger partial charge in [-0.1, -0.05) is 30.8 Å². The van der Waals surface area contributed by atoms with Crippen molar-refractivity contribution in [1.82, 2.24) is 5.32 Å². The summed E-state index contributed by atoms with van der Waals surface area (Å²) in [4.78, 5) is 4.48. The van der Waals surface area contributed by atoms with Crippen LogP contribution >= 0.6 is 11.8 Å². The lowest BCUT2D eigenvalue weighted by atomic mass is 10.2. The van der Waals surface area contributed by atoms with Crippen molar-refractivity contribution in [2.75, 3.05) is 25.4 Å². The van der Waals surface area contributed by atoms with Crippen LogP contribution in [0.1, 0.15) is 12.5 Å². The first-order valence-electron chi connectivity index (χ1n) is 6.34. The molecule has 0 aromatic heterocycles. The van der Waals surface area contributed by atoms with Gasteiger partial charge in [0.15, 0.2) is 5.17 Å². The number of aryl methyl sites for hydroxylation is 1. The lowest BCUT2D eigenvalue weighted by molar-refractivity contribution is 0.322. The highest BCUT2D eigenvalue weighted by molar-refractivity contribution is 8.13. The normalized spacial score (nSPS) is 19.2. The first-order valence-corrected chi connectivity index (χ1v) is 7.33. The second-order valence-electron chi connectivity index (χ2n) is 4.65. The van der Waals surface area contributed by atoms with Crippen LogP contribution in [0.15, 0.2) is 29.3 Å². The predicted octanol–water partition coefficient (Wildman–Crippen LogP) is 2.70. The number of benzene rings is 1. The number of hydrogen-bond donors (Lipinski definition) is 1. The Kier molecular flexibility index (Phi) is 4.93. The van der Waals surface area contributed by atoms with Crippen LogP contribution in [0, 0.1) is 12.8 Å². The highest BCUT2D eigenvalue weighted by Crippen LogP contribution is 2.15. The Balaban J connectivity index is 1.67. The van der Waals surface area contributed by atoms with Crippen molar-refractivity contribution in [2.45, 2.75) is 13.8 Å². The van der Waals surface area contributed by atoms with Gasteiger partial charge in [-0.3, -0.25) is 4.99 Å². The lowest BCUT2D eigenvalue weighted by Crippen LogP contribution is -2.29. The molecule has 0 saturated carbocycles. The maximum Gasteiger partial charge on any atom is 0.156 e. The van der Waals surface area contributed by atoms with Gasteiger partial charge in [-0.05, 0) is 30.5 Å². The van der Waals surface area contributed by atoms with E-state index in [1.165, 1.54) is 5.56 Å². The molecule has 1 N–H and O–H groups in total. The molecule has 0 radical (unpaired) electrons. The van der Waals surface area contributed by atoms with E-state index in [0.29, 0.717) is 12.5 Å². The first kappa shape index (κ1) is 13.3. The summed E-state index contributed by atoms with van der Waals surface area (Å²) >= 11 is 1.80. The summed E-state index contributed by atoms with van der Waals surface area (Å²) in [7, 11) is 0. The van der Waals surface area contributed by atoms with E-state index in [9.17, 15) is 0 Å². The van der Waals surface area contributed by atoms with Crippen molar-refractivity contribution in [3.05, 3.63) is 29.8 Å². The highest BCUT2D eigenvalue weighted by Gasteiger charge is 2.11. The Morgan fingerprint density at radius 1 is 1.50 bits per heavy atom. The quantitative estimate of drug-likeness (QED) is 0.849. The van der Waals surface area contributed by atoms with E-state index in [-0.39, 0.29) is 0 Å². The molecule has 0 fully saturated rings. The van der Waals surface area contributed by atoms with E-state index in [2.05, 4.69) is 36.3 Å². The maximum atomic E-state index is 5.67. The Morgan fingerprint density at radius 2 is 2.39 bits per heavy atom. The molecule has 4 heteroatoms. The Labute approximate surface area is 113 Å². The molecular weight excluding hydrogens is 244 g/mol. The average Bonchev–Trinajstić information content (AvgIpc) is 2.37. The van der Waals surface area contributed by atoms with Crippen LogP contribution in [-0.2, 0) is 0 Å². The summed E-state index contributed by atoms with van der Waals surface area (Å²) < 4.78 is 5.67. The van der Waals surface area contributed by atoms with E-state index in [1.54, 1.807) is 11.8 Å². The molecular formula is C14H20N2OS. The second kappa shape index (κ2) is 6.69. The highest BCUT2D eigenvalue weighted by atomic mass is 32.2. The zero-order chi connectivity index (χ0) is 12.8. The third kappa shape index (κ3) is 4.26. The number of thioether (sulfide) groups is 1. The average molecular weight is 264 g/mol. The van der Waals surface area contributed by atoms with Crippen LogP contribution in [0.5, 0.6) is 5.75 Å². The number of hydrogen-bond acceptors (Lipinski definition) is 4. The van der Waals surface area contributed by atoms with Crippen molar-refractivity contribution >= 4 is 16.9 Å². The monoisotopic (exact) mass is 264 g/mol. The Morgan fingerprint density at radius 3 is 3.11 bits per heavy atom. The number of amidine groups is 1. The number of nitrogens with one attached hydrogen (secondary N) is 1. The summed E-state index contributed by atoms with van der Waals surface area (Å²) in [6.07, 6.45) is 0. The topological polar surface area (TPSA) is 33.6 Å². The number of nitrogens with zero attached hydrogens (tertiary/aromatic N) is 1. The predicted molar refractivity (Wildman–Crippen MR) is 78.6 cm³/mol. The van der Waals surface area contributed by atoms with Gasteiger partial charge >= 0.3 is 0 Å². The van der Waals surface area contributed by atoms with Gasteiger partial charge in [-0.15, -0.1) is 0 Å². The molecule has 1 heterocycles. The number of rotatable bonds is 4. The molecule has 0 spiro atoms. The van der Waals surface area contributed by atoms with E-state index in [1.807, 2.05) is 12.1 Å². The lowest BCUT2D eigenvalue weighted by Gasteiger charge is -2.17. The van der Waals surface area contributed by atoms with Crippen LogP contribution in [-0.4, -0.2) is 30.6 Å². The molecule has 1 aliphatic rings. The third-order valence-corrected chi connectivity index (χ3v) is 3.97. The molecule has 1 aromatic carbocycles. The summed E-state index contributed by atoms with van der Waals surface area (Å²) in [6, 6.07) is 8.12. The van der Waals surface area contributed by atoms with Crippen LogP contribution in [0.2, 0.25) is 0 Å². The molecule has 1 atom stereocenters. The fraction of sp³-hybridized carbons (Fsp3) is 0.500. The van der Waals surface area contributed by atoms with Crippen LogP contribution < -0.4 is 10.1 Å². The molecule has 0 amide bonds. The van der Waals surface area contributed by atoms with Crippen molar-refractivity contribution < 1.29 is 4.74 Å².